The van der Waals surface area contributed by atoms with Crippen molar-refractivity contribution in [1.82, 2.24) is 0 Å². The maximum Gasteiger partial charge on any atom is 0.159 e. The van der Waals surface area contributed by atoms with E-state index in [-0.39, 0.29) is 29.8 Å². The van der Waals surface area contributed by atoms with Gasteiger partial charge >= 0.3 is 0 Å². The van der Waals surface area contributed by atoms with Crippen molar-refractivity contribution in [1.29, 1.82) is 0 Å². The van der Waals surface area contributed by atoms with E-state index >= 15 is 0 Å². The molecule has 4 atom stereocenters. The molecule has 1 saturated heterocycles. The van der Waals surface area contributed by atoms with E-state index in [1.165, 1.54) is 0 Å². The molecule has 0 unspecified atom stereocenters. The summed E-state index contributed by atoms with van der Waals surface area (Å²) in [6.07, 6.45) is 3.34. The third-order valence-electron chi connectivity index (χ3n) is 4.53. The fraction of sp³-hybridized carbons (Fsp3) is 0.714. The Morgan fingerprint density at radius 2 is 2.12 bits per heavy atom. The fourth-order valence-electron chi connectivity index (χ4n) is 3.69. The van der Waals surface area contributed by atoms with E-state index in [1.807, 2.05) is 6.92 Å². The minimum Gasteiger partial charge on any atom is -0.370 e. The Labute approximate surface area is 101 Å². The number of carbonyl (C=O) groups is 2. The Morgan fingerprint density at radius 1 is 1.35 bits per heavy atom. The number of fused-ring (bicyclic) bond motifs is 2. The van der Waals surface area contributed by atoms with Gasteiger partial charge in [0.25, 0.3) is 0 Å². The Morgan fingerprint density at radius 3 is 2.82 bits per heavy atom. The van der Waals surface area contributed by atoms with Crippen molar-refractivity contribution >= 4 is 11.6 Å². The summed E-state index contributed by atoms with van der Waals surface area (Å²) in [6, 6.07) is 0. The predicted octanol–water partition coefficient (Wildman–Crippen LogP) is 2.05. The highest BCUT2D eigenvalue weighted by molar-refractivity contribution is 5.98. The van der Waals surface area contributed by atoms with Crippen molar-refractivity contribution in [3.63, 3.8) is 0 Å². The number of hydrogen-bond acceptors (Lipinski definition) is 3. The molecule has 2 aliphatic carbocycles. The van der Waals surface area contributed by atoms with Crippen LogP contribution in [-0.4, -0.2) is 23.8 Å². The van der Waals surface area contributed by atoms with Crippen molar-refractivity contribution in [3.8, 4) is 0 Å². The van der Waals surface area contributed by atoms with Gasteiger partial charge in [-0.05, 0) is 38.7 Å². The van der Waals surface area contributed by atoms with Gasteiger partial charge in [-0.2, -0.15) is 0 Å². The van der Waals surface area contributed by atoms with Gasteiger partial charge in [-0.1, -0.05) is 0 Å². The molecule has 0 aromatic carbocycles. The number of rotatable bonds is 1. The van der Waals surface area contributed by atoms with Crippen LogP contribution < -0.4 is 0 Å². The van der Waals surface area contributed by atoms with Crippen molar-refractivity contribution in [2.45, 2.75) is 51.7 Å². The lowest BCUT2D eigenvalue weighted by atomic mass is 9.65. The minimum atomic E-state index is -0.105. The molecule has 4 aliphatic rings. The van der Waals surface area contributed by atoms with E-state index < -0.39 is 0 Å². The second-order valence-electron chi connectivity index (χ2n) is 5.54. The molecule has 2 aliphatic heterocycles. The molecule has 17 heavy (non-hydrogen) atoms. The van der Waals surface area contributed by atoms with E-state index in [0.29, 0.717) is 12.2 Å². The first-order valence-electron chi connectivity index (χ1n) is 6.51. The van der Waals surface area contributed by atoms with Gasteiger partial charge in [0.2, 0.25) is 0 Å². The van der Waals surface area contributed by atoms with Crippen LogP contribution in [0.4, 0.5) is 0 Å². The molecule has 0 N–H and O–H groups in total. The van der Waals surface area contributed by atoms with Crippen LogP contribution in [0, 0.1) is 11.8 Å². The molecular weight excluding hydrogens is 216 g/mol. The van der Waals surface area contributed by atoms with Crippen molar-refractivity contribution in [2.75, 3.05) is 0 Å². The van der Waals surface area contributed by atoms with Gasteiger partial charge in [-0.15, -0.1) is 0 Å². The summed E-state index contributed by atoms with van der Waals surface area (Å²) >= 11 is 0. The van der Waals surface area contributed by atoms with Crippen LogP contribution in [-0.2, 0) is 14.3 Å². The molecule has 1 fully saturated rings. The van der Waals surface area contributed by atoms with E-state index in [0.717, 1.165) is 30.4 Å². The number of ether oxygens (including phenoxy) is 1. The van der Waals surface area contributed by atoms with Crippen LogP contribution in [0.25, 0.3) is 0 Å². The minimum absolute atomic E-state index is 0.0131. The SMILES string of the molecule is CC(=O)[C@H]1C[C@H]2C3=C(CCCC3=O)[C@@H]1O[C@@H]2C. The van der Waals surface area contributed by atoms with E-state index in [2.05, 4.69) is 0 Å². The van der Waals surface area contributed by atoms with Crippen LogP contribution in [0.1, 0.15) is 39.5 Å². The molecule has 4 rings (SSSR count). The topological polar surface area (TPSA) is 43.4 Å². The molecule has 0 aromatic rings. The molecule has 0 aromatic heterocycles. The third kappa shape index (κ3) is 1.52. The first-order chi connectivity index (χ1) is 8.09. The summed E-state index contributed by atoms with van der Waals surface area (Å²) in [6.45, 7) is 3.67. The van der Waals surface area contributed by atoms with E-state index in [1.54, 1.807) is 6.92 Å². The molecular formula is C14H18O3. The maximum atomic E-state index is 12.0. The van der Waals surface area contributed by atoms with Gasteiger partial charge in [0, 0.05) is 23.8 Å². The zero-order valence-electron chi connectivity index (χ0n) is 10.4. The molecule has 0 saturated carbocycles. The number of carbonyl (C=O) groups excluding carboxylic acids is 2. The third-order valence-corrected chi connectivity index (χ3v) is 4.53. The van der Waals surface area contributed by atoms with Gasteiger partial charge in [0.05, 0.1) is 12.2 Å². The van der Waals surface area contributed by atoms with Crippen LogP contribution >= 0.6 is 0 Å². The summed E-state index contributed by atoms with van der Waals surface area (Å²) in [5.74, 6) is 0.660. The second kappa shape index (κ2) is 3.77. The van der Waals surface area contributed by atoms with Crippen LogP contribution in [0.5, 0.6) is 0 Å². The summed E-state index contributed by atoms with van der Waals surface area (Å²) < 4.78 is 5.95. The summed E-state index contributed by atoms with van der Waals surface area (Å²) in [4.78, 5) is 23.7. The highest BCUT2D eigenvalue weighted by Gasteiger charge is 2.49. The fourth-order valence-corrected chi connectivity index (χ4v) is 3.69. The molecule has 92 valence electrons. The molecule has 2 bridgehead atoms. The van der Waals surface area contributed by atoms with Gasteiger partial charge in [0.1, 0.15) is 5.78 Å². The summed E-state index contributed by atoms with van der Waals surface area (Å²) in [5.41, 5.74) is 2.17. The Hall–Kier alpha value is -0.960. The molecule has 0 spiro atoms. The largest absolute Gasteiger partial charge is 0.370 e. The molecule has 0 radical (unpaired) electrons. The van der Waals surface area contributed by atoms with Crippen molar-refractivity contribution in [3.05, 3.63) is 11.1 Å². The smallest absolute Gasteiger partial charge is 0.159 e. The first kappa shape index (κ1) is 11.1. The van der Waals surface area contributed by atoms with Gasteiger partial charge in [-0.25, -0.2) is 0 Å². The van der Waals surface area contributed by atoms with Gasteiger partial charge < -0.3 is 4.74 Å². The van der Waals surface area contributed by atoms with E-state index in [9.17, 15) is 9.59 Å². The standard InChI is InChI=1S/C14H18O3/c1-7(15)10-6-11-8(2)17-14(10)9-4-3-5-12(16)13(9)11/h8,10-11,14H,3-6H2,1-2H3/t8-,10-,11-,14+/m1/s1. The van der Waals surface area contributed by atoms with E-state index in [4.69, 9.17) is 4.74 Å². The Bertz CT molecular complexity index is 421. The average Bonchev–Trinajstić information content (AvgIpc) is 2.29. The zero-order valence-corrected chi connectivity index (χ0v) is 10.4. The molecule has 3 nitrogen and oxygen atoms in total. The highest BCUT2D eigenvalue weighted by atomic mass is 16.5. The van der Waals surface area contributed by atoms with Crippen LogP contribution in [0.2, 0.25) is 0 Å². The lowest BCUT2D eigenvalue weighted by molar-refractivity contribution is -0.143. The van der Waals surface area contributed by atoms with Gasteiger partial charge in [-0.3, -0.25) is 9.59 Å². The van der Waals surface area contributed by atoms with Crippen LogP contribution in [0.3, 0.4) is 0 Å². The molecule has 2 heterocycles. The Balaban J connectivity index is 2.06. The number of Topliss-reactive ketones (excluding diaryl/α,β-unsaturated/α-hetero) is 2. The zero-order chi connectivity index (χ0) is 12.2. The Kier molecular flexibility index (Phi) is 2.47. The normalized spacial score (nSPS) is 40.5. The molecule has 0 amide bonds. The lowest BCUT2D eigenvalue weighted by Crippen LogP contribution is -2.51. The maximum absolute atomic E-state index is 12.0. The average molecular weight is 234 g/mol. The number of hydrogen-bond donors (Lipinski definition) is 0. The first-order valence-corrected chi connectivity index (χ1v) is 6.51. The van der Waals surface area contributed by atoms with Gasteiger partial charge in [0.15, 0.2) is 5.78 Å². The lowest BCUT2D eigenvalue weighted by Gasteiger charge is -2.48. The molecule has 3 heteroatoms. The second-order valence-corrected chi connectivity index (χ2v) is 5.54. The number of ketones is 2. The monoisotopic (exact) mass is 234 g/mol. The van der Waals surface area contributed by atoms with Crippen LogP contribution in [0.15, 0.2) is 11.1 Å². The highest BCUT2D eigenvalue weighted by Crippen LogP contribution is 2.48. The van der Waals surface area contributed by atoms with Crippen molar-refractivity contribution < 1.29 is 14.3 Å². The van der Waals surface area contributed by atoms with Crippen molar-refractivity contribution in [2.24, 2.45) is 11.8 Å². The quantitative estimate of drug-likeness (QED) is 0.697. The summed E-state index contributed by atoms with van der Waals surface area (Å²) in [5, 5.41) is 0. The summed E-state index contributed by atoms with van der Waals surface area (Å²) in [7, 11) is 0. The predicted molar refractivity (Wildman–Crippen MR) is 62.5 cm³/mol.